The van der Waals surface area contributed by atoms with Gasteiger partial charge in [0, 0.05) is 12.4 Å². The first-order valence-corrected chi connectivity index (χ1v) is 4.75. The lowest BCUT2D eigenvalue weighted by Crippen LogP contribution is -1.94. The summed E-state index contributed by atoms with van der Waals surface area (Å²) in [7, 11) is 3.66. The zero-order valence-electron chi connectivity index (χ0n) is 8.74. The maximum atomic E-state index is 5.24. The van der Waals surface area contributed by atoms with Crippen molar-refractivity contribution >= 4 is 10.9 Å². The number of rotatable bonds is 2. The van der Waals surface area contributed by atoms with E-state index in [0.29, 0.717) is 0 Å². The maximum Gasteiger partial charge on any atom is 0.119 e. The predicted octanol–water partition coefficient (Wildman–Crippen LogP) is 2.14. The van der Waals surface area contributed by atoms with Gasteiger partial charge in [0.1, 0.15) is 5.75 Å². The molecule has 74 valence electrons. The van der Waals surface area contributed by atoms with E-state index >= 15 is 0 Å². The van der Waals surface area contributed by atoms with Gasteiger partial charge in [-0.05, 0) is 24.1 Å². The molecular weight excluding hydrogens is 176 g/mol. The number of benzene rings is 1. The monoisotopic (exact) mass is 190 g/mol. The zero-order chi connectivity index (χ0) is 10.1. The van der Waals surface area contributed by atoms with Gasteiger partial charge >= 0.3 is 0 Å². The van der Waals surface area contributed by atoms with Crippen molar-refractivity contribution in [1.29, 1.82) is 0 Å². The van der Waals surface area contributed by atoms with Gasteiger partial charge < -0.3 is 4.74 Å². The summed E-state index contributed by atoms with van der Waals surface area (Å²) in [6.07, 6.45) is 2.87. The fourth-order valence-corrected chi connectivity index (χ4v) is 1.78. The third kappa shape index (κ3) is 1.25. The summed E-state index contributed by atoms with van der Waals surface area (Å²) in [5.74, 6) is 0.905. The SMILES string of the molecule is CCc1cc(OC)cc2cnn(C)c12. The van der Waals surface area contributed by atoms with E-state index in [2.05, 4.69) is 18.1 Å². The van der Waals surface area contributed by atoms with E-state index in [0.717, 1.165) is 17.6 Å². The summed E-state index contributed by atoms with van der Waals surface area (Å²) >= 11 is 0. The van der Waals surface area contributed by atoms with Crippen molar-refractivity contribution in [2.45, 2.75) is 13.3 Å². The molecule has 3 heteroatoms. The number of aromatic nitrogens is 2. The average Bonchev–Trinajstić information content (AvgIpc) is 2.59. The summed E-state index contributed by atoms with van der Waals surface area (Å²) < 4.78 is 7.15. The molecule has 1 aromatic heterocycles. The summed E-state index contributed by atoms with van der Waals surface area (Å²) in [6, 6.07) is 4.09. The van der Waals surface area contributed by atoms with Crippen molar-refractivity contribution in [2.75, 3.05) is 7.11 Å². The first-order valence-electron chi connectivity index (χ1n) is 4.75. The van der Waals surface area contributed by atoms with E-state index in [1.54, 1.807) is 7.11 Å². The van der Waals surface area contributed by atoms with Crippen molar-refractivity contribution in [1.82, 2.24) is 9.78 Å². The third-order valence-electron chi connectivity index (χ3n) is 2.50. The number of aryl methyl sites for hydroxylation is 2. The van der Waals surface area contributed by atoms with Crippen molar-refractivity contribution in [3.8, 4) is 5.75 Å². The topological polar surface area (TPSA) is 27.1 Å². The lowest BCUT2D eigenvalue weighted by Gasteiger charge is -2.05. The van der Waals surface area contributed by atoms with Crippen molar-refractivity contribution < 1.29 is 4.74 Å². The van der Waals surface area contributed by atoms with Crippen LogP contribution in [0.5, 0.6) is 5.75 Å². The van der Waals surface area contributed by atoms with Gasteiger partial charge in [0.2, 0.25) is 0 Å². The van der Waals surface area contributed by atoms with Gasteiger partial charge in [-0.3, -0.25) is 4.68 Å². The molecule has 0 aliphatic carbocycles. The Morgan fingerprint density at radius 1 is 1.43 bits per heavy atom. The smallest absolute Gasteiger partial charge is 0.119 e. The lowest BCUT2D eigenvalue weighted by atomic mass is 10.1. The molecule has 1 aromatic carbocycles. The van der Waals surface area contributed by atoms with Gasteiger partial charge in [0.05, 0.1) is 18.8 Å². The van der Waals surface area contributed by atoms with Gasteiger partial charge in [-0.15, -0.1) is 0 Å². The summed E-state index contributed by atoms with van der Waals surface area (Å²) in [5, 5.41) is 5.38. The van der Waals surface area contributed by atoms with Crippen LogP contribution in [0.4, 0.5) is 0 Å². The second-order valence-electron chi connectivity index (χ2n) is 3.35. The van der Waals surface area contributed by atoms with Crippen LogP contribution in [0, 0.1) is 0 Å². The van der Waals surface area contributed by atoms with Crippen LogP contribution < -0.4 is 4.74 Å². The van der Waals surface area contributed by atoms with Crippen molar-refractivity contribution in [3.05, 3.63) is 23.9 Å². The number of nitrogens with zero attached hydrogens (tertiary/aromatic N) is 2. The molecule has 2 rings (SSSR count). The molecule has 0 amide bonds. The molecular formula is C11H14N2O. The van der Waals surface area contributed by atoms with Crippen LogP contribution >= 0.6 is 0 Å². The van der Waals surface area contributed by atoms with Gasteiger partial charge in [-0.25, -0.2) is 0 Å². The number of fused-ring (bicyclic) bond motifs is 1. The average molecular weight is 190 g/mol. The standard InChI is InChI=1S/C11H14N2O/c1-4-8-5-10(14-3)6-9-7-12-13(2)11(8)9/h5-7H,4H2,1-3H3. The molecule has 0 saturated heterocycles. The highest BCUT2D eigenvalue weighted by Gasteiger charge is 2.06. The molecule has 0 spiro atoms. The molecule has 0 radical (unpaired) electrons. The third-order valence-corrected chi connectivity index (χ3v) is 2.50. The van der Waals surface area contributed by atoms with Gasteiger partial charge in [0.25, 0.3) is 0 Å². The molecule has 0 aliphatic heterocycles. The second-order valence-corrected chi connectivity index (χ2v) is 3.35. The number of hydrogen-bond donors (Lipinski definition) is 0. The van der Waals surface area contributed by atoms with Crippen LogP contribution in [0.2, 0.25) is 0 Å². The largest absolute Gasteiger partial charge is 0.497 e. The van der Waals surface area contributed by atoms with E-state index in [4.69, 9.17) is 4.74 Å². The molecule has 1 heterocycles. The number of hydrogen-bond acceptors (Lipinski definition) is 2. The predicted molar refractivity (Wildman–Crippen MR) is 56.6 cm³/mol. The van der Waals surface area contributed by atoms with Crippen LogP contribution in [0.15, 0.2) is 18.3 Å². The molecule has 3 nitrogen and oxygen atoms in total. The quantitative estimate of drug-likeness (QED) is 0.725. The van der Waals surface area contributed by atoms with Crippen LogP contribution in [0.3, 0.4) is 0 Å². The van der Waals surface area contributed by atoms with E-state index in [-0.39, 0.29) is 0 Å². The van der Waals surface area contributed by atoms with E-state index in [1.165, 1.54) is 11.1 Å². The van der Waals surface area contributed by atoms with Gasteiger partial charge in [-0.1, -0.05) is 6.92 Å². The Labute approximate surface area is 83.3 Å². The molecule has 14 heavy (non-hydrogen) atoms. The Hall–Kier alpha value is -1.51. The van der Waals surface area contributed by atoms with Crippen LogP contribution in [0.25, 0.3) is 10.9 Å². The Bertz CT molecular complexity index is 460. The van der Waals surface area contributed by atoms with Gasteiger partial charge in [-0.2, -0.15) is 5.10 Å². The normalized spacial score (nSPS) is 10.8. The van der Waals surface area contributed by atoms with Crippen molar-refractivity contribution in [3.63, 3.8) is 0 Å². The first kappa shape index (κ1) is 9.06. The van der Waals surface area contributed by atoms with E-state index < -0.39 is 0 Å². The Morgan fingerprint density at radius 2 is 2.21 bits per heavy atom. The molecule has 2 aromatic rings. The minimum atomic E-state index is 0.905. The summed E-state index contributed by atoms with van der Waals surface area (Å²) in [4.78, 5) is 0. The fraction of sp³-hybridized carbons (Fsp3) is 0.364. The summed E-state index contributed by atoms with van der Waals surface area (Å²) in [6.45, 7) is 2.14. The Morgan fingerprint density at radius 3 is 2.86 bits per heavy atom. The molecule has 0 atom stereocenters. The lowest BCUT2D eigenvalue weighted by molar-refractivity contribution is 0.415. The minimum Gasteiger partial charge on any atom is -0.497 e. The summed E-state index contributed by atoms with van der Waals surface area (Å²) in [5.41, 5.74) is 2.48. The maximum absolute atomic E-state index is 5.24. The highest BCUT2D eigenvalue weighted by Crippen LogP contribution is 2.24. The fourth-order valence-electron chi connectivity index (χ4n) is 1.78. The molecule has 0 unspecified atom stereocenters. The molecule has 0 bridgehead atoms. The molecule has 0 N–H and O–H groups in total. The molecule has 0 saturated carbocycles. The zero-order valence-corrected chi connectivity index (χ0v) is 8.74. The molecule has 0 aliphatic rings. The van der Waals surface area contributed by atoms with Crippen LogP contribution in [-0.2, 0) is 13.5 Å². The van der Waals surface area contributed by atoms with Crippen LogP contribution in [-0.4, -0.2) is 16.9 Å². The van der Waals surface area contributed by atoms with E-state index in [9.17, 15) is 0 Å². The Balaban J connectivity index is 2.76. The highest BCUT2D eigenvalue weighted by molar-refractivity contribution is 5.83. The minimum absolute atomic E-state index is 0.905. The first-order chi connectivity index (χ1) is 6.76. The second kappa shape index (κ2) is 3.33. The van der Waals surface area contributed by atoms with E-state index in [1.807, 2.05) is 24.0 Å². The van der Waals surface area contributed by atoms with Crippen LogP contribution in [0.1, 0.15) is 12.5 Å². The highest BCUT2D eigenvalue weighted by atomic mass is 16.5. The molecule has 0 fully saturated rings. The van der Waals surface area contributed by atoms with Crippen molar-refractivity contribution in [2.24, 2.45) is 7.05 Å². The number of methoxy groups -OCH3 is 1. The van der Waals surface area contributed by atoms with Gasteiger partial charge in [0.15, 0.2) is 0 Å². The Kier molecular flexibility index (Phi) is 2.15. The number of ether oxygens (including phenoxy) is 1.